The van der Waals surface area contributed by atoms with Crippen LogP contribution in [-0.4, -0.2) is 28.2 Å². The van der Waals surface area contributed by atoms with Crippen molar-refractivity contribution in [2.75, 3.05) is 6.61 Å². The fourth-order valence-corrected chi connectivity index (χ4v) is 3.82. The molecule has 33 heavy (non-hydrogen) atoms. The number of para-hydroxylation sites is 1. The van der Waals surface area contributed by atoms with Crippen LogP contribution in [0.4, 0.5) is 0 Å². The fraction of sp³-hybridized carbons (Fsp3) is 0.286. The van der Waals surface area contributed by atoms with Crippen molar-refractivity contribution in [2.24, 2.45) is 0 Å². The van der Waals surface area contributed by atoms with Crippen LogP contribution in [-0.2, 0) is 9.53 Å². The van der Waals surface area contributed by atoms with Crippen LogP contribution in [0, 0.1) is 0 Å². The first-order chi connectivity index (χ1) is 16.1. The van der Waals surface area contributed by atoms with E-state index >= 15 is 0 Å². The van der Waals surface area contributed by atoms with Crippen molar-refractivity contribution in [2.45, 2.75) is 45.6 Å². The van der Waals surface area contributed by atoms with Crippen molar-refractivity contribution in [3.05, 3.63) is 78.9 Å². The normalized spacial score (nSPS) is 11.1. The Labute approximate surface area is 195 Å². The summed E-state index contributed by atoms with van der Waals surface area (Å²) in [5.74, 6) is 1.60. The van der Waals surface area contributed by atoms with Gasteiger partial charge >= 0.3 is 5.97 Å². The summed E-state index contributed by atoms with van der Waals surface area (Å²) in [4.78, 5) is 16.5. The standard InChI is InChI=1S/C28H30N2O3/c1-21(2)33-27(31)16-10-5-11-19-32-24-17-18-25-26(20-24)30(23-14-8-4-9-15-23)28(29-25)22-12-6-3-7-13-22/h3-4,6-9,12-15,17-18,20-21H,5,10-11,16,19H2,1-2H3. The molecule has 4 aromatic rings. The van der Waals surface area contributed by atoms with E-state index in [4.69, 9.17) is 14.5 Å². The van der Waals surface area contributed by atoms with Crippen molar-refractivity contribution in [3.63, 3.8) is 0 Å². The summed E-state index contributed by atoms with van der Waals surface area (Å²) in [7, 11) is 0. The number of imidazole rings is 1. The molecule has 0 unspecified atom stereocenters. The van der Waals surface area contributed by atoms with Gasteiger partial charge in [0.25, 0.3) is 0 Å². The molecular weight excluding hydrogens is 412 g/mol. The number of carbonyl (C=O) groups excluding carboxylic acids is 1. The van der Waals surface area contributed by atoms with Gasteiger partial charge in [-0.25, -0.2) is 4.98 Å². The summed E-state index contributed by atoms with van der Waals surface area (Å²) < 4.78 is 13.4. The first-order valence-corrected chi connectivity index (χ1v) is 11.6. The highest BCUT2D eigenvalue weighted by Crippen LogP contribution is 2.30. The number of unbranched alkanes of at least 4 members (excludes halogenated alkanes) is 2. The Morgan fingerprint density at radius 2 is 1.64 bits per heavy atom. The van der Waals surface area contributed by atoms with Gasteiger partial charge in [-0.15, -0.1) is 0 Å². The molecular formula is C28H30N2O3. The molecule has 0 saturated carbocycles. The molecule has 170 valence electrons. The zero-order chi connectivity index (χ0) is 23.0. The van der Waals surface area contributed by atoms with E-state index in [1.807, 2.05) is 62.4 Å². The van der Waals surface area contributed by atoms with Crippen LogP contribution in [0.2, 0.25) is 0 Å². The van der Waals surface area contributed by atoms with Crippen molar-refractivity contribution in [3.8, 4) is 22.8 Å². The predicted octanol–water partition coefficient (Wildman–Crippen LogP) is 6.58. The van der Waals surface area contributed by atoms with Gasteiger partial charge in [-0.1, -0.05) is 48.5 Å². The van der Waals surface area contributed by atoms with Gasteiger partial charge in [-0.05, 0) is 57.4 Å². The van der Waals surface area contributed by atoms with Crippen molar-refractivity contribution < 1.29 is 14.3 Å². The second-order valence-corrected chi connectivity index (χ2v) is 8.32. The summed E-state index contributed by atoms with van der Waals surface area (Å²) in [6.45, 7) is 4.35. The van der Waals surface area contributed by atoms with Crippen LogP contribution in [0.15, 0.2) is 78.9 Å². The molecule has 1 aromatic heterocycles. The first-order valence-electron chi connectivity index (χ1n) is 11.6. The van der Waals surface area contributed by atoms with Crippen LogP contribution >= 0.6 is 0 Å². The number of carbonyl (C=O) groups is 1. The van der Waals surface area contributed by atoms with Gasteiger partial charge < -0.3 is 9.47 Å². The minimum Gasteiger partial charge on any atom is -0.494 e. The van der Waals surface area contributed by atoms with E-state index in [0.717, 1.165) is 53.1 Å². The van der Waals surface area contributed by atoms with E-state index in [9.17, 15) is 4.79 Å². The van der Waals surface area contributed by atoms with Gasteiger partial charge in [0.05, 0.1) is 23.7 Å². The summed E-state index contributed by atoms with van der Waals surface area (Å²) in [5, 5.41) is 0. The lowest BCUT2D eigenvalue weighted by molar-refractivity contribution is -0.147. The zero-order valence-electron chi connectivity index (χ0n) is 19.2. The van der Waals surface area contributed by atoms with E-state index in [1.165, 1.54) is 0 Å². The fourth-order valence-electron chi connectivity index (χ4n) is 3.82. The van der Waals surface area contributed by atoms with Gasteiger partial charge in [0.1, 0.15) is 11.6 Å². The van der Waals surface area contributed by atoms with E-state index in [0.29, 0.717) is 13.0 Å². The molecule has 0 aliphatic rings. The van der Waals surface area contributed by atoms with E-state index in [1.54, 1.807) is 0 Å². The third kappa shape index (κ3) is 5.80. The highest BCUT2D eigenvalue weighted by Gasteiger charge is 2.15. The third-order valence-corrected chi connectivity index (χ3v) is 5.33. The number of benzene rings is 3. The molecule has 0 spiro atoms. The maximum absolute atomic E-state index is 11.6. The molecule has 0 aliphatic carbocycles. The highest BCUT2D eigenvalue weighted by atomic mass is 16.5. The second-order valence-electron chi connectivity index (χ2n) is 8.32. The highest BCUT2D eigenvalue weighted by molar-refractivity contribution is 5.84. The Morgan fingerprint density at radius 3 is 2.36 bits per heavy atom. The second kappa shape index (κ2) is 10.8. The lowest BCUT2D eigenvalue weighted by Crippen LogP contribution is -2.11. The van der Waals surface area contributed by atoms with Crippen molar-refractivity contribution in [1.82, 2.24) is 9.55 Å². The molecule has 3 aromatic carbocycles. The monoisotopic (exact) mass is 442 g/mol. The Bertz CT molecular complexity index is 1180. The minimum absolute atomic E-state index is 0.0533. The van der Waals surface area contributed by atoms with Crippen LogP contribution in [0.5, 0.6) is 5.75 Å². The number of rotatable bonds is 10. The van der Waals surface area contributed by atoms with Crippen LogP contribution in [0.3, 0.4) is 0 Å². The SMILES string of the molecule is CC(C)OC(=O)CCCCCOc1ccc2nc(-c3ccccc3)n(-c3ccccc3)c2c1. The van der Waals surface area contributed by atoms with E-state index in [2.05, 4.69) is 34.9 Å². The average Bonchev–Trinajstić information content (AvgIpc) is 3.21. The quantitative estimate of drug-likeness (QED) is 0.205. The number of fused-ring (bicyclic) bond motifs is 1. The zero-order valence-corrected chi connectivity index (χ0v) is 19.2. The van der Waals surface area contributed by atoms with Crippen LogP contribution in [0.1, 0.15) is 39.5 Å². The lowest BCUT2D eigenvalue weighted by atomic mass is 10.2. The summed E-state index contributed by atoms with van der Waals surface area (Å²) in [6.07, 6.45) is 3.04. The molecule has 1 heterocycles. The number of nitrogens with zero attached hydrogens (tertiary/aromatic N) is 2. The van der Waals surface area contributed by atoms with E-state index in [-0.39, 0.29) is 12.1 Å². The van der Waals surface area contributed by atoms with Crippen molar-refractivity contribution >= 4 is 17.0 Å². The summed E-state index contributed by atoms with van der Waals surface area (Å²) in [5.41, 5.74) is 4.06. The molecule has 0 bridgehead atoms. The molecule has 0 amide bonds. The molecule has 5 nitrogen and oxygen atoms in total. The van der Waals surface area contributed by atoms with Crippen LogP contribution in [0.25, 0.3) is 28.1 Å². The van der Waals surface area contributed by atoms with Crippen molar-refractivity contribution in [1.29, 1.82) is 0 Å². The molecule has 0 radical (unpaired) electrons. The summed E-state index contributed by atoms with van der Waals surface area (Å²) in [6, 6.07) is 26.5. The molecule has 0 atom stereocenters. The van der Waals surface area contributed by atoms with Crippen LogP contribution < -0.4 is 4.74 Å². The number of esters is 1. The Balaban J connectivity index is 1.47. The van der Waals surface area contributed by atoms with Gasteiger partial charge in [0.15, 0.2) is 0 Å². The maximum Gasteiger partial charge on any atom is 0.306 e. The minimum atomic E-state index is -0.125. The molecule has 0 N–H and O–H groups in total. The van der Waals surface area contributed by atoms with Gasteiger partial charge in [-0.2, -0.15) is 0 Å². The van der Waals surface area contributed by atoms with Gasteiger partial charge in [-0.3, -0.25) is 9.36 Å². The summed E-state index contributed by atoms with van der Waals surface area (Å²) >= 11 is 0. The maximum atomic E-state index is 11.6. The Kier molecular flexibility index (Phi) is 7.40. The molecule has 5 heteroatoms. The predicted molar refractivity (Wildman–Crippen MR) is 132 cm³/mol. The number of ether oxygens (including phenoxy) is 2. The lowest BCUT2D eigenvalue weighted by Gasteiger charge is -2.11. The molecule has 0 saturated heterocycles. The third-order valence-electron chi connectivity index (χ3n) is 5.33. The average molecular weight is 443 g/mol. The largest absolute Gasteiger partial charge is 0.494 e. The number of hydrogen-bond acceptors (Lipinski definition) is 4. The van der Waals surface area contributed by atoms with Gasteiger partial charge in [0, 0.05) is 23.7 Å². The molecule has 4 rings (SSSR count). The number of aromatic nitrogens is 2. The topological polar surface area (TPSA) is 53.4 Å². The Hall–Kier alpha value is -3.60. The number of hydrogen-bond donors (Lipinski definition) is 0. The Morgan fingerprint density at radius 1 is 0.909 bits per heavy atom. The first kappa shape index (κ1) is 22.6. The molecule has 0 fully saturated rings. The molecule has 0 aliphatic heterocycles. The van der Waals surface area contributed by atoms with Gasteiger partial charge in [0.2, 0.25) is 0 Å². The smallest absolute Gasteiger partial charge is 0.306 e. The van der Waals surface area contributed by atoms with E-state index < -0.39 is 0 Å².